The number of carbonyl (C=O) groups is 2. The van der Waals surface area contributed by atoms with E-state index in [4.69, 9.17) is 0 Å². The third-order valence-corrected chi connectivity index (χ3v) is 4.04. The van der Waals surface area contributed by atoms with Gasteiger partial charge in [0, 0.05) is 6.42 Å². The lowest BCUT2D eigenvalue weighted by Crippen LogP contribution is -2.41. The fourth-order valence-electron chi connectivity index (χ4n) is 2.77. The SMILES string of the molecule is O=C1CC[C@@H](C(=O)NCC#CCN2CCCCCCC2)N1. The van der Waals surface area contributed by atoms with Crippen LogP contribution in [-0.4, -0.2) is 48.9 Å². The Bertz CT molecular complexity index is 417. The first-order valence-corrected chi connectivity index (χ1v) is 8.01. The number of rotatable bonds is 3. The molecule has 0 radical (unpaired) electrons. The van der Waals surface area contributed by atoms with Crippen LogP contribution >= 0.6 is 0 Å². The summed E-state index contributed by atoms with van der Waals surface area (Å²) in [5, 5.41) is 5.41. The highest BCUT2D eigenvalue weighted by molar-refractivity contribution is 5.90. The fourth-order valence-corrected chi connectivity index (χ4v) is 2.77. The lowest BCUT2D eigenvalue weighted by atomic mass is 10.1. The van der Waals surface area contributed by atoms with Gasteiger partial charge in [0.1, 0.15) is 6.04 Å². The van der Waals surface area contributed by atoms with E-state index in [2.05, 4.69) is 27.4 Å². The highest BCUT2D eigenvalue weighted by Crippen LogP contribution is 2.09. The van der Waals surface area contributed by atoms with Gasteiger partial charge in [-0.3, -0.25) is 14.5 Å². The van der Waals surface area contributed by atoms with Crippen molar-refractivity contribution in [3.05, 3.63) is 0 Å². The molecule has 0 bridgehead atoms. The summed E-state index contributed by atoms with van der Waals surface area (Å²) in [6.45, 7) is 3.42. The van der Waals surface area contributed by atoms with Crippen LogP contribution in [0.15, 0.2) is 0 Å². The van der Waals surface area contributed by atoms with Crippen molar-refractivity contribution in [1.29, 1.82) is 0 Å². The predicted octanol–water partition coefficient (Wildman–Crippen LogP) is 0.651. The van der Waals surface area contributed by atoms with Crippen LogP contribution in [-0.2, 0) is 9.59 Å². The van der Waals surface area contributed by atoms with Gasteiger partial charge in [0.05, 0.1) is 13.1 Å². The van der Waals surface area contributed by atoms with Crippen LogP contribution in [0.3, 0.4) is 0 Å². The van der Waals surface area contributed by atoms with Gasteiger partial charge in [0.15, 0.2) is 0 Å². The van der Waals surface area contributed by atoms with Crippen LogP contribution in [0.2, 0.25) is 0 Å². The molecule has 0 spiro atoms. The molecule has 21 heavy (non-hydrogen) atoms. The third-order valence-electron chi connectivity index (χ3n) is 4.04. The highest BCUT2D eigenvalue weighted by Gasteiger charge is 2.26. The molecular formula is C16H25N3O2. The summed E-state index contributed by atoms with van der Waals surface area (Å²) in [7, 11) is 0. The first-order valence-electron chi connectivity index (χ1n) is 8.01. The zero-order chi connectivity index (χ0) is 14.9. The van der Waals surface area contributed by atoms with Gasteiger partial charge in [-0.05, 0) is 32.4 Å². The second kappa shape index (κ2) is 8.68. The predicted molar refractivity (Wildman–Crippen MR) is 81.5 cm³/mol. The molecule has 2 saturated heterocycles. The van der Waals surface area contributed by atoms with Crippen molar-refractivity contribution in [3.63, 3.8) is 0 Å². The van der Waals surface area contributed by atoms with Gasteiger partial charge in [-0.15, -0.1) is 0 Å². The molecule has 2 aliphatic heterocycles. The molecule has 5 nitrogen and oxygen atoms in total. The molecule has 2 amide bonds. The van der Waals surface area contributed by atoms with E-state index in [1.54, 1.807) is 0 Å². The molecule has 0 unspecified atom stereocenters. The van der Waals surface area contributed by atoms with Crippen molar-refractivity contribution in [2.45, 2.75) is 51.0 Å². The van der Waals surface area contributed by atoms with Crippen molar-refractivity contribution >= 4 is 11.8 Å². The van der Waals surface area contributed by atoms with Gasteiger partial charge in [-0.1, -0.05) is 31.1 Å². The van der Waals surface area contributed by atoms with E-state index in [1.807, 2.05) is 0 Å². The zero-order valence-electron chi connectivity index (χ0n) is 12.6. The lowest BCUT2D eigenvalue weighted by Gasteiger charge is -2.21. The zero-order valence-corrected chi connectivity index (χ0v) is 12.6. The van der Waals surface area contributed by atoms with Crippen molar-refractivity contribution < 1.29 is 9.59 Å². The minimum Gasteiger partial charge on any atom is -0.344 e. The fraction of sp³-hybridized carbons (Fsp3) is 0.750. The molecule has 2 aliphatic rings. The Hall–Kier alpha value is -1.54. The maximum Gasteiger partial charge on any atom is 0.243 e. The normalized spacial score (nSPS) is 23.4. The van der Waals surface area contributed by atoms with Gasteiger partial charge in [-0.2, -0.15) is 0 Å². The molecule has 1 atom stereocenters. The molecule has 2 rings (SSSR count). The number of hydrogen-bond donors (Lipinski definition) is 2. The summed E-state index contributed by atoms with van der Waals surface area (Å²) in [5.41, 5.74) is 0. The molecule has 5 heteroatoms. The van der Waals surface area contributed by atoms with E-state index in [1.165, 1.54) is 32.1 Å². The maximum atomic E-state index is 11.7. The van der Waals surface area contributed by atoms with Crippen LogP contribution in [0.25, 0.3) is 0 Å². The Kier molecular flexibility index (Phi) is 6.55. The number of amides is 2. The minimum absolute atomic E-state index is 0.0432. The van der Waals surface area contributed by atoms with Gasteiger partial charge < -0.3 is 10.6 Å². The number of nitrogens with one attached hydrogen (secondary N) is 2. The summed E-state index contributed by atoms with van der Waals surface area (Å²) < 4.78 is 0. The number of hydrogen-bond acceptors (Lipinski definition) is 3. The van der Waals surface area contributed by atoms with Crippen LogP contribution in [0.1, 0.15) is 44.9 Å². The van der Waals surface area contributed by atoms with Gasteiger partial charge in [-0.25, -0.2) is 0 Å². The summed E-state index contributed by atoms with van der Waals surface area (Å²) in [5.74, 6) is 5.96. The molecule has 0 aromatic carbocycles. The Morgan fingerprint density at radius 2 is 1.90 bits per heavy atom. The van der Waals surface area contributed by atoms with Crippen molar-refractivity contribution in [3.8, 4) is 11.8 Å². The van der Waals surface area contributed by atoms with E-state index in [0.717, 1.165) is 19.6 Å². The number of likely N-dealkylation sites (tertiary alicyclic amines) is 1. The van der Waals surface area contributed by atoms with Crippen LogP contribution in [0.4, 0.5) is 0 Å². The average Bonchev–Trinajstić information content (AvgIpc) is 2.87. The molecule has 0 aromatic rings. The van der Waals surface area contributed by atoms with Crippen molar-refractivity contribution in [2.75, 3.05) is 26.2 Å². The Labute approximate surface area is 126 Å². The molecule has 2 fully saturated rings. The quantitative estimate of drug-likeness (QED) is 0.751. The molecule has 2 heterocycles. The van der Waals surface area contributed by atoms with Gasteiger partial charge >= 0.3 is 0 Å². The molecule has 0 aromatic heterocycles. The van der Waals surface area contributed by atoms with E-state index in [-0.39, 0.29) is 17.9 Å². The summed E-state index contributed by atoms with van der Waals surface area (Å²) >= 11 is 0. The maximum absolute atomic E-state index is 11.7. The van der Waals surface area contributed by atoms with E-state index in [9.17, 15) is 9.59 Å². The molecule has 0 saturated carbocycles. The summed E-state index contributed by atoms with van der Waals surface area (Å²) in [6.07, 6.45) is 7.58. The van der Waals surface area contributed by atoms with Gasteiger partial charge in [0.2, 0.25) is 11.8 Å². The van der Waals surface area contributed by atoms with E-state index in [0.29, 0.717) is 19.4 Å². The van der Waals surface area contributed by atoms with E-state index < -0.39 is 0 Å². The summed E-state index contributed by atoms with van der Waals surface area (Å²) in [4.78, 5) is 25.2. The standard InChI is InChI=1S/C16H25N3O2/c20-15-9-8-14(18-15)16(21)17-10-4-7-13-19-11-5-2-1-3-6-12-19/h14H,1-3,5-6,8-13H2,(H,17,21)(H,18,20)/t14-/m0/s1. The Morgan fingerprint density at radius 3 is 2.57 bits per heavy atom. The van der Waals surface area contributed by atoms with Crippen molar-refractivity contribution in [1.82, 2.24) is 15.5 Å². The van der Waals surface area contributed by atoms with E-state index >= 15 is 0 Å². The van der Waals surface area contributed by atoms with Crippen LogP contribution < -0.4 is 10.6 Å². The smallest absolute Gasteiger partial charge is 0.243 e. The minimum atomic E-state index is -0.367. The largest absolute Gasteiger partial charge is 0.344 e. The monoisotopic (exact) mass is 291 g/mol. The van der Waals surface area contributed by atoms with Crippen molar-refractivity contribution in [2.24, 2.45) is 0 Å². The molecule has 0 aliphatic carbocycles. The second-order valence-corrected chi connectivity index (χ2v) is 5.77. The number of nitrogens with zero attached hydrogens (tertiary/aromatic N) is 1. The Morgan fingerprint density at radius 1 is 1.19 bits per heavy atom. The topological polar surface area (TPSA) is 61.4 Å². The summed E-state index contributed by atoms with van der Waals surface area (Å²) in [6, 6.07) is -0.367. The highest BCUT2D eigenvalue weighted by atomic mass is 16.2. The molecule has 116 valence electrons. The second-order valence-electron chi connectivity index (χ2n) is 5.77. The number of carbonyl (C=O) groups excluding carboxylic acids is 2. The molecular weight excluding hydrogens is 266 g/mol. The Balaban J connectivity index is 1.61. The third kappa shape index (κ3) is 5.76. The first-order chi connectivity index (χ1) is 10.3. The molecule has 2 N–H and O–H groups in total. The average molecular weight is 291 g/mol. The van der Waals surface area contributed by atoms with Crippen LogP contribution in [0.5, 0.6) is 0 Å². The first kappa shape index (κ1) is 15.8. The van der Waals surface area contributed by atoms with Crippen LogP contribution in [0, 0.1) is 11.8 Å². The van der Waals surface area contributed by atoms with Gasteiger partial charge in [0.25, 0.3) is 0 Å². The lowest BCUT2D eigenvalue weighted by molar-refractivity contribution is -0.125.